The first-order valence-corrected chi connectivity index (χ1v) is 25.5. The third-order valence-corrected chi connectivity index (χ3v) is 17.9. The van der Waals surface area contributed by atoms with Crippen molar-refractivity contribution in [3.8, 4) is 44.5 Å². The molecule has 0 bridgehead atoms. The molecule has 0 saturated carbocycles. The predicted molar refractivity (Wildman–Crippen MR) is 295 cm³/mol. The predicted octanol–water partition coefficient (Wildman–Crippen LogP) is 18.8. The molecule has 3 nitrogen and oxygen atoms in total. The summed E-state index contributed by atoms with van der Waals surface area (Å²) in [7, 11) is 0. The van der Waals surface area contributed by atoms with E-state index in [1.165, 1.54) is 127 Å². The molecule has 11 aromatic rings. The Kier molecular flexibility index (Phi) is 7.66. The lowest BCUT2D eigenvalue weighted by atomic mass is 9.72. The maximum Gasteiger partial charge on any atom is 0.144 e. The molecule has 344 valence electrons. The van der Waals surface area contributed by atoms with Crippen molar-refractivity contribution in [2.45, 2.75) is 90.9 Å². The highest BCUT2D eigenvalue weighted by Crippen LogP contribution is 2.66. The molecule has 0 N–H and O–H groups in total. The molecule has 0 saturated heterocycles. The fraction of sp³-hybridized carbons (Fsp3) is 0.206. The van der Waals surface area contributed by atoms with E-state index in [0.29, 0.717) is 0 Å². The molecule has 4 aliphatic rings. The Labute approximate surface area is 415 Å². The fourth-order valence-corrected chi connectivity index (χ4v) is 14.8. The van der Waals surface area contributed by atoms with Gasteiger partial charge in [-0.2, -0.15) is 0 Å². The summed E-state index contributed by atoms with van der Waals surface area (Å²) in [6.45, 7) is 24.0. The Balaban J connectivity index is 0.973. The standard InChI is InChI=1S/C68H55NO2/c1-36-27-32-50(37(2)33-36)69(38-28-30-42-48(34-38)67(7,8)59-53(42)55-44-21-13-17-25-51(44)70-63(55)57-40-19-11-15-23-46(40)65(3,4)61(57)59)39-29-31-43-49(35-39)68(9,10)60-54(43)56-45-22-14-18-26-52(45)71-64(56)58-41-20-12-16-24-47(41)66(5,6)62(58)60/h11-35H,1-10H3. The molecule has 2 heterocycles. The van der Waals surface area contributed by atoms with Gasteiger partial charge in [-0.3, -0.25) is 0 Å². The zero-order valence-electron chi connectivity index (χ0n) is 42.2. The number of hydrogen-bond donors (Lipinski definition) is 0. The van der Waals surface area contributed by atoms with Gasteiger partial charge >= 0.3 is 0 Å². The van der Waals surface area contributed by atoms with E-state index in [2.05, 4.69) is 226 Å². The molecule has 15 rings (SSSR count). The van der Waals surface area contributed by atoms with Crippen molar-refractivity contribution in [3.05, 3.63) is 207 Å². The van der Waals surface area contributed by atoms with Gasteiger partial charge in [-0.1, -0.05) is 170 Å². The van der Waals surface area contributed by atoms with Gasteiger partial charge in [0.2, 0.25) is 0 Å². The second-order valence-electron chi connectivity index (χ2n) is 23.3. The average Bonchev–Trinajstić information content (AvgIpc) is 4.15. The molecule has 0 atom stereocenters. The lowest BCUT2D eigenvalue weighted by Gasteiger charge is -2.33. The second kappa shape index (κ2) is 13.2. The van der Waals surface area contributed by atoms with Gasteiger partial charge in [-0.15, -0.1) is 0 Å². The first kappa shape index (κ1) is 41.2. The number of rotatable bonds is 3. The van der Waals surface area contributed by atoms with Gasteiger partial charge in [0.05, 0.1) is 0 Å². The zero-order chi connectivity index (χ0) is 48.4. The van der Waals surface area contributed by atoms with Crippen LogP contribution in [0.3, 0.4) is 0 Å². The van der Waals surface area contributed by atoms with E-state index in [-0.39, 0.29) is 21.7 Å². The van der Waals surface area contributed by atoms with Crippen molar-refractivity contribution in [2.75, 3.05) is 4.90 Å². The molecule has 71 heavy (non-hydrogen) atoms. The van der Waals surface area contributed by atoms with Crippen LogP contribution < -0.4 is 4.90 Å². The van der Waals surface area contributed by atoms with Crippen molar-refractivity contribution >= 4 is 60.9 Å². The van der Waals surface area contributed by atoms with Gasteiger partial charge in [0, 0.05) is 71.4 Å². The van der Waals surface area contributed by atoms with E-state index < -0.39 is 0 Å². The number of para-hydroxylation sites is 2. The van der Waals surface area contributed by atoms with E-state index in [0.717, 1.165) is 33.7 Å². The zero-order valence-corrected chi connectivity index (χ0v) is 42.2. The van der Waals surface area contributed by atoms with Crippen molar-refractivity contribution in [1.29, 1.82) is 0 Å². The summed E-state index contributed by atoms with van der Waals surface area (Å²) >= 11 is 0. The van der Waals surface area contributed by atoms with Crippen molar-refractivity contribution in [3.63, 3.8) is 0 Å². The highest BCUT2D eigenvalue weighted by Gasteiger charge is 2.51. The van der Waals surface area contributed by atoms with Crippen LogP contribution in [-0.2, 0) is 21.7 Å². The SMILES string of the molecule is Cc1ccc(N(c2ccc3c(c2)C(C)(C)c2c4c(c5oc6ccccc6c5c2-3)-c2ccccc2C4(C)C)c2ccc3c(c2)C(C)(C)c2c4c(c5oc6ccccc6c5c2-3)-c2ccccc2C4(C)C)c(C)c1. The Morgan fingerprint density at radius 3 is 1.23 bits per heavy atom. The monoisotopic (exact) mass is 917 g/mol. The van der Waals surface area contributed by atoms with Gasteiger partial charge in [-0.05, 0) is 140 Å². The molecule has 3 heteroatoms. The van der Waals surface area contributed by atoms with Crippen LogP contribution in [0.25, 0.3) is 88.4 Å². The summed E-state index contributed by atoms with van der Waals surface area (Å²) in [5, 5.41) is 4.80. The molecular formula is C68H55NO2. The minimum absolute atomic E-state index is 0.225. The molecular weight excluding hydrogens is 863 g/mol. The Bertz CT molecular complexity index is 4010. The topological polar surface area (TPSA) is 29.5 Å². The third kappa shape index (κ3) is 4.90. The number of anilines is 3. The van der Waals surface area contributed by atoms with Crippen LogP contribution in [0.15, 0.2) is 160 Å². The van der Waals surface area contributed by atoms with Crippen molar-refractivity contribution in [1.82, 2.24) is 0 Å². The number of furan rings is 2. The second-order valence-corrected chi connectivity index (χ2v) is 23.3. The molecule has 0 unspecified atom stereocenters. The normalized spacial score (nSPS) is 16.5. The van der Waals surface area contributed by atoms with E-state index in [1.807, 2.05) is 0 Å². The van der Waals surface area contributed by atoms with E-state index in [1.54, 1.807) is 0 Å². The van der Waals surface area contributed by atoms with Crippen LogP contribution >= 0.6 is 0 Å². The molecule has 2 aromatic heterocycles. The summed E-state index contributed by atoms with van der Waals surface area (Å²) in [6.07, 6.45) is 0. The highest BCUT2D eigenvalue weighted by atomic mass is 16.3. The van der Waals surface area contributed by atoms with Gasteiger partial charge in [0.15, 0.2) is 0 Å². The van der Waals surface area contributed by atoms with Gasteiger partial charge in [-0.25, -0.2) is 0 Å². The molecule has 0 amide bonds. The summed E-state index contributed by atoms with van der Waals surface area (Å²) in [5.41, 5.74) is 30.1. The van der Waals surface area contributed by atoms with Crippen molar-refractivity contribution in [2.24, 2.45) is 0 Å². The lowest BCUT2D eigenvalue weighted by molar-refractivity contribution is 0.600. The maximum absolute atomic E-state index is 7.01. The van der Waals surface area contributed by atoms with E-state index >= 15 is 0 Å². The smallest absolute Gasteiger partial charge is 0.144 e. The minimum Gasteiger partial charge on any atom is -0.455 e. The Morgan fingerprint density at radius 2 is 0.761 bits per heavy atom. The van der Waals surface area contributed by atoms with E-state index in [4.69, 9.17) is 8.83 Å². The molecule has 0 radical (unpaired) electrons. The first-order valence-electron chi connectivity index (χ1n) is 25.5. The van der Waals surface area contributed by atoms with Crippen LogP contribution in [0.5, 0.6) is 0 Å². The van der Waals surface area contributed by atoms with Crippen LogP contribution in [0.4, 0.5) is 17.1 Å². The number of hydrogen-bond acceptors (Lipinski definition) is 3. The number of aryl methyl sites for hydroxylation is 2. The highest BCUT2D eigenvalue weighted by molar-refractivity contribution is 6.22. The lowest BCUT2D eigenvalue weighted by Crippen LogP contribution is -2.24. The number of benzene rings is 9. The Hall–Kier alpha value is -7.62. The molecule has 0 fully saturated rings. The van der Waals surface area contributed by atoms with Gasteiger partial charge in [0.1, 0.15) is 22.3 Å². The summed E-state index contributed by atoms with van der Waals surface area (Å²) in [6, 6.07) is 56.9. The number of nitrogens with zero attached hydrogens (tertiary/aromatic N) is 1. The van der Waals surface area contributed by atoms with Crippen LogP contribution in [0.2, 0.25) is 0 Å². The van der Waals surface area contributed by atoms with Crippen LogP contribution in [0.1, 0.15) is 111 Å². The van der Waals surface area contributed by atoms with Crippen LogP contribution in [0, 0.1) is 13.8 Å². The summed E-state index contributed by atoms with van der Waals surface area (Å²) in [5.74, 6) is 0. The Morgan fingerprint density at radius 1 is 0.366 bits per heavy atom. The van der Waals surface area contributed by atoms with E-state index in [9.17, 15) is 0 Å². The molecule has 0 spiro atoms. The fourth-order valence-electron chi connectivity index (χ4n) is 14.8. The number of fused-ring (bicyclic) bond motifs is 24. The third-order valence-electron chi connectivity index (χ3n) is 17.9. The maximum atomic E-state index is 7.01. The molecule has 4 aliphatic carbocycles. The largest absolute Gasteiger partial charge is 0.455 e. The van der Waals surface area contributed by atoms with Crippen LogP contribution in [-0.4, -0.2) is 0 Å². The molecule has 9 aromatic carbocycles. The first-order chi connectivity index (χ1) is 34.1. The molecule has 0 aliphatic heterocycles. The van der Waals surface area contributed by atoms with Gasteiger partial charge < -0.3 is 13.7 Å². The van der Waals surface area contributed by atoms with Gasteiger partial charge in [0.25, 0.3) is 0 Å². The summed E-state index contributed by atoms with van der Waals surface area (Å²) < 4.78 is 14.0. The minimum atomic E-state index is -0.324. The quantitative estimate of drug-likeness (QED) is 0.177. The average molecular weight is 918 g/mol. The summed E-state index contributed by atoms with van der Waals surface area (Å²) in [4.78, 5) is 2.54. The van der Waals surface area contributed by atoms with Crippen molar-refractivity contribution < 1.29 is 8.83 Å².